The zero-order valence-corrected chi connectivity index (χ0v) is 17.3. The number of halogens is 1. The van der Waals surface area contributed by atoms with E-state index in [4.69, 9.17) is 15.8 Å². The third-order valence-corrected chi connectivity index (χ3v) is 12.4. The van der Waals surface area contributed by atoms with E-state index in [1.54, 1.807) is 0 Å². The first kappa shape index (κ1) is 17.7. The highest BCUT2D eigenvalue weighted by Crippen LogP contribution is 2.58. The van der Waals surface area contributed by atoms with Gasteiger partial charge in [-0.05, 0) is 30.1 Å². The minimum Gasteiger partial charge on any atom is -0.327 e. The van der Waals surface area contributed by atoms with Gasteiger partial charge in [0.1, 0.15) is 8.07 Å². The lowest BCUT2D eigenvalue weighted by molar-refractivity contribution is 0.184. The van der Waals surface area contributed by atoms with Gasteiger partial charge in [0.25, 0.3) is 0 Å². The van der Waals surface area contributed by atoms with Crippen LogP contribution in [-0.2, 0) is 4.52 Å². The molecule has 0 aromatic heterocycles. The Hall–Kier alpha value is -0.703. The number of piperidine rings is 1. The van der Waals surface area contributed by atoms with Crippen molar-refractivity contribution in [3.8, 4) is 0 Å². The summed E-state index contributed by atoms with van der Waals surface area (Å²) in [5.41, 5.74) is 0. The maximum Gasteiger partial charge on any atom is 0.207 e. The molecule has 2 fully saturated rings. The van der Waals surface area contributed by atoms with Gasteiger partial charge < -0.3 is 4.52 Å². The van der Waals surface area contributed by atoms with Crippen molar-refractivity contribution >= 4 is 37.3 Å². The van der Waals surface area contributed by atoms with Gasteiger partial charge in [-0.3, -0.25) is 0 Å². The first-order chi connectivity index (χ1) is 12.2. The van der Waals surface area contributed by atoms with Gasteiger partial charge in [0.05, 0.1) is 6.10 Å². The highest BCUT2D eigenvalue weighted by atomic mass is 35.7. The van der Waals surface area contributed by atoms with Crippen molar-refractivity contribution in [1.29, 1.82) is 0 Å². The quantitative estimate of drug-likeness (QED) is 0.559. The monoisotopic (exact) mass is 389 g/mol. The average Bonchev–Trinajstić information content (AvgIpc) is 2.99. The molecule has 0 spiro atoms. The molecule has 132 valence electrons. The van der Waals surface area contributed by atoms with Crippen LogP contribution in [-0.4, -0.2) is 31.4 Å². The Morgan fingerprint density at radius 1 is 1.04 bits per heavy atom. The number of rotatable bonds is 4. The molecule has 0 radical (unpaired) electrons. The fraction of sp³-hybridized carbons (Fsp3) is 0.400. The highest BCUT2D eigenvalue weighted by molar-refractivity contribution is 7.78. The van der Waals surface area contributed by atoms with Gasteiger partial charge in [0, 0.05) is 12.6 Å². The van der Waals surface area contributed by atoms with Crippen molar-refractivity contribution in [3.05, 3.63) is 60.7 Å². The molecule has 0 bridgehead atoms. The molecule has 5 heteroatoms. The Labute approximate surface area is 157 Å². The molecular formula is C20H25ClNOPSi. The zero-order chi connectivity index (χ0) is 17.3. The molecule has 2 aromatic rings. The summed E-state index contributed by atoms with van der Waals surface area (Å²) >= 11 is 6.59. The number of fused-ring (bicyclic) bond motifs is 1. The third kappa shape index (κ3) is 3.46. The molecule has 2 aliphatic rings. The lowest BCUT2D eigenvalue weighted by Gasteiger charge is -2.35. The molecule has 1 unspecified atom stereocenters. The van der Waals surface area contributed by atoms with Crippen molar-refractivity contribution in [1.82, 2.24) is 4.67 Å². The van der Waals surface area contributed by atoms with E-state index in [0.29, 0.717) is 6.04 Å². The topological polar surface area (TPSA) is 12.5 Å². The second-order valence-electron chi connectivity index (χ2n) is 7.36. The van der Waals surface area contributed by atoms with Crippen molar-refractivity contribution in [2.75, 3.05) is 6.54 Å². The van der Waals surface area contributed by atoms with Crippen LogP contribution in [0.5, 0.6) is 0 Å². The molecule has 3 atom stereocenters. The summed E-state index contributed by atoms with van der Waals surface area (Å²) in [6, 6.07) is 23.7. The molecule has 25 heavy (non-hydrogen) atoms. The molecule has 0 N–H and O–H groups in total. The van der Waals surface area contributed by atoms with Crippen LogP contribution in [0.15, 0.2) is 60.7 Å². The van der Waals surface area contributed by atoms with Crippen LogP contribution in [0.25, 0.3) is 0 Å². The molecule has 2 aromatic carbocycles. The molecular weight excluding hydrogens is 365 g/mol. The van der Waals surface area contributed by atoms with Crippen molar-refractivity contribution in [3.63, 3.8) is 0 Å². The van der Waals surface area contributed by atoms with Crippen LogP contribution < -0.4 is 10.4 Å². The number of hydrogen-bond donors (Lipinski definition) is 0. The van der Waals surface area contributed by atoms with Gasteiger partial charge >= 0.3 is 0 Å². The van der Waals surface area contributed by atoms with Crippen LogP contribution in [0, 0.1) is 0 Å². The molecule has 2 saturated heterocycles. The summed E-state index contributed by atoms with van der Waals surface area (Å²) in [7, 11) is -2.80. The van der Waals surface area contributed by atoms with Crippen LogP contribution in [0.3, 0.4) is 0 Å². The SMILES string of the molecule is C[Si](C[C@H]1OP(Cl)N2CCCC[C@@H]12)(c1ccccc1)c1ccccc1. The second-order valence-corrected chi connectivity index (χ2v) is 13.6. The minimum atomic E-state index is -1.87. The Balaban J connectivity index is 1.68. The second kappa shape index (κ2) is 7.50. The van der Waals surface area contributed by atoms with Crippen LogP contribution in [0.2, 0.25) is 12.6 Å². The normalized spacial score (nSPS) is 27.2. The largest absolute Gasteiger partial charge is 0.327 e. The number of benzene rings is 2. The van der Waals surface area contributed by atoms with E-state index in [-0.39, 0.29) is 6.10 Å². The molecule has 2 aliphatic heterocycles. The van der Waals surface area contributed by atoms with Crippen LogP contribution >= 0.6 is 18.9 Å². The Bertz CT molecular complexity index is 662. The van der Waals surface area contributed by atoms with Gasteiger partial charge in [0.15, 0.2) is 0 Å². The fourth-order valence-corrected chi connectivity index (χ4v) is 10.5. The first-order valence-electron chi connectivity index (χ1n) is 9.19. The predicted molar refractivity (Wildman–Crippen MR) is 111 cm³/mol. The van der Waals surface area contributed by atoms with Gasteiger partial charge in [-0.2, -0.15) is 0 Å². The van der Waals surface area contributed by atoms with Gasteiger partial charge in [-0.15, -0.1) is 0 Å². The van der Waals surface area contributed by atoms with E-state index in [0.717, 1.165) is 12.6 Å². The fourth-order valence-electron chi connectivity index (χ4n) is 4.35. The predicted octanol–water partition coefficient (Wildman–Crippen LogP) is 4.60. The van der Waals surface area contributed by atoms with E-state index in [1.165, 1.54) is 29.6 Å². The summed E-state index contributed by atoms with van der Waals surface area (Å²) in [5.74, 6) is 0. The van der Waals surface area contributed by atoms with Gasteiger partial charge in [0.2, 0.25) is 7.65 Å². The summed E-state index contributed by atoms with van der Waals surface area (Å²) in [6.45, 7) is 3.59. The van der Waals surface area contributed by atoms with Gasteiger partial charge in [-0.25, -0.2) is 4.67 Å². The lowest BCUT2D eigenvalue weighted by Crippen LogP contribution is -2.58. The Morgan fingerprint density at radius 3 is 2.24 bits per heavy atom. The van der Waals surface area contributed by atoms with E-state index in [2.05, 4.69) is 71.9 Å². The zero-order valence-electron chi connectivity index (χ0n) is 14.6. The number of hydrogen-bond acceptors (Lipinski definition) is 2. The van der Waals surface area contributed by atoms with Crippen molar-refractivity contribution < 1.29 is 4.52 Å². The first-order valence-corrected chi connectivity index (χ1v) is 14.0. The Kier molecular flexibility index (Phi) is 5.31. The van der Waals surface area contributed by atoms with Crippen LogP contribution in [0.1, 0.15) is 19.3 Å². The molecule has 2 nitrogen and oxygen atoms in total. The standard InChI is InChI=1S/C20H25ClNOPSi/c1-25(17-10-4-2-5-11-17,18-12-6-3-7-13-18)16-20-19-14-8-9-15-22(19)24(21)23-20/h2-7,10-13,19-20H,8-9,14-16H2,1H3/t19-,20+,24?/m0/s1. The molecule has 2 heterocycles. The number of nitrogens with zero attached hydrogens (tertiary/aromatic N) is 1. The summed E-state index contributed by atoms with van der Waals surface area (Å²) in [6.07, 6.45) is 4.05. The molecule has 0 aliphatic carbocycles. The van der Waals surface area contributed by atoms with E-state index >= 15 is 0 Å². The average molecular weight is 390 g/mol. The van der Waals surface area contributed by atoms with E-state index in [1.807, 2.05) is 0 Å². The smallest absolute Gasteiger partial charge is 0.207 e. The van der Waals surface area contributed by atoms with Crippen LogP contribution in [0.4, 0.5) is 0 Å². The van der Waals surface area contributed by atoms with Gasteiger partial charge in [-0.1, -0.05) is 84.0 Å². The van der Waals surface area contributed by atoms with E-state index in [9.17, 15) is 0 Å². The molecule has 4 rings (SSSR count). The molecule has 0 amide bonds. The highest BCUT2D eigenvalue weighted by Gasteiger charge is 2.47. The maximum atomic E-state index is 6.59. The summed E-state index contributed by atoms with van der Waals surface area (Å²) in [5, 5.41) is 2.97. The Morgan fingerprint density at radius 2 is 1.64 bits per heavy atom. The molecule has 0 saturated carbocycles. The summed E-state index contributed by atoms with van der Waals surface area (Å²) in [4.78, 5) is 0. The summed E-state index contributed by atoms with van der Waals surface area (Å²) < 4.78 is 8.78. The third-order valence-electron chi connectivity index (χ3n) is 5.80. The maximum absolute atomic E-state index is 6.59. The van der Waals surface area contributed by atoms with Crippen molar-refractivity contribution in [2.45, 2.75) is 44.0 Å². The minimum absolute atomic E-state index is 0.265. The van der Waals surface area contributed by atoms with Crippen molar-refractivity contribution in [2.24, 2.45) is 0 Å². The van der Waals surface area contributed by atoms with E-state index < -0.39 is 15.7 Å². The lowest BCUT2D eigenvalue weighted by atomic mass is 10.0.